The molecule has 1 heterocycles. The van der Waals surface area contributed by atoms with Crippen molar-refractivity contribution in [1.82, 2.24) is 0 Å². The van der Waals surface area contributed by atoms with Crippen LogP contribution in [-0.4, -0.2) is 56.4 Å². The summed E-state index contributed by atoms with van der Waals surface area (Å²) in [4.78, 5) is 11.3. The van der Waals surface area contributed by atoms with Crippen LogP contribution in [0.25, 0.3) is 0 Å². The van der Waals surface area contributed by atoms with Crippen molar-refractivity contribution in [3.05, 3.63) is 42.0 Å². The van der Waals surface area contributed by atoms with Gasteiger partial charge in [0.05, 0.1) is 22.7 Å². The minimum atomic E-state index is 0.192. The van der Waals surface area contributed by atoms with E-state index >= 15 is 0 Å². The molecule has 0 aromatic heterocycles. The van der Waals surface area contributed by atoms with Gasteiger partial charge in [0.2, 0.25) is 0 Å². The van der Waals surface area contributed by atoms with Crippen LogP contribution in [0.4, 0.5) is 28.4 Å². The number of hydrogen-bond donors (Lipinski definition) is 0. The van der Waals surface area contributed by atoms with E-state index in [1.54, 1.807) is 0 Å². The highest BCUT2D eigenvalue weighted by Gasteiger charge is 2.34. The monoisotopic (exact) mass is 353 g/mol. The standard InChI is InChI=1S/C21H31N5/c1-22(2)16-11-9-10-15(12-16)21-25(7)19-13-17(23(3)4)18(24(5)6)14-20(19)26(21)8/h9-14,21H,1-8H3. The van der Waals surface area contributed by atoms with E-state index in [0.29, 0.717) is 0 Å². The molecule has 0 atom stereocenters. The van der Waals surface area contributed by atoms with Gasteiger partial charge in [-0.3, -0.25) is 0 Å². The summed E-state index contributed by atoms with van der Waals surface area (Å²) < 4.78 is 0. The molecule has 0 fully saturated rings. The second kappa shape index (κ2) is 6.63. The zero-order chi connectivity index (χ0) is 19.2. The summed E-state index contributed by atoms with van der Waals surface area (Å²) in [6, 6.07) is 13.4. The van der Waals surface area contributed by atoms with E-state index in [2.05, 4.69) is 117 Å². The zero-order valence-corrected chi connectivity index (χ0v) is 17.3. The van der Waals surface area contributed by atoms with Crippen molar-refractivity contribution < 1.29 is 0 Å². The third-order valence-corrected chi connectivity index (χ3v) is 5.21. The molecule has 0 N–H and O–H groups in total. The van der Waals surface area contributed by atoms with Crippen LogP contribution >= 0.6 is 0 Å². The Morgan fingerprint density at radius 3 is 1.62 bits per heavy atom. The molecule has 0 saturated heterocycles. The first kappa shape index (κ1) is 18.2. The SMILES string of the molecule is CN(C)c1cccc(C2N(C)c3cc(N(C)C)c(N(C)C)cc3N2C)c1. The zero-order valence-electron chi connectivity index (χ0n) is 17.3. The molecule has 0 saturated carbocycles. The third kappa shape index (κ3) is 2.91. The molecule has 0 unspecified atom stereocenters. The van der Waals surface area contributed by atoms with Gasteiger partial charge in [0.1, 0.15) is 6.17 Å². The Labute approximate surface area is 158 Å². The lowest BCUT2D eigenvalue weighted by Crippen LogP contribution is -2.30. The van der Waals surface area contributed by atoms with Crippen molar-refractivity contribution in [2.45, 2.75) is 6.17 Å². The fraction of sp³-hybridized carbons (Fsp3) is 0.429. The maximum Gasteiger partial charge on any atom is 0.128 e. The summed E-state index contributed by atoms with van der Waals surface area (Å²) in [6.45, 7) is 0. The van der Waals surface area contributed by atoms with E-state index < -0.39 is 0 Å². The van der Waals surface area contributed by atoms with E-state index in [1.807, 2.05) is 0 Å². The molecule has 5 nitrogen and oxygen atoms in total. The van der Waals surface area contributed by atoms with Crippen molar-refractivity contribution in [3.8, 4) is 0 Å². The van der Waals surface area contributed by atoms with E-state index in [-0.39, 0.29) is 6.17 Å². The number of hydrogen-bond acceptors (Lipinski definition) is 5. The first-order valence-electron chi connectivity index (χ1n) is 8.98. The van der Waals surface area contributed by atoms with Gasteiger partial charge in [0.15, 0.2) is 0 Å². The smallest absolute Gasteiger partial charge is 0.128 e. The molecular formula is C21H31N5. The minimum Gasteiger partial charge on any atom is -0.378 e. The normalized spacial score (nSPS) is 13.8. The minimum absolute atomic E-state index is 0.192. The highest BCUT2D eigenvalue weighted by Crippen LogP contribution is 2.49. The first-order valence-corrected chi connectivity index (χ1v) is 8.98. The lowest BCUT2D eigenvalue weighted by atomic mass is 10.1. The summed E-state index contributed by atoms with van der Waals surface area (Å²) in [5.74, 6) is 0. The molecule has 1 aliphatic rings. The first-order chi connectivity index (χ1) is 12.2. The van der Waals surface area contributed by atoms with Crippen LogP contribution < -0.4 is 24.5 Å². The molecule has 0 radical (unpaired) electrons. The fourth-order valence-corrected chi connectivity index (χ4v) is 3.77. The Morgan fingerprint density at radius 2 is 1.19 bits per heavy atom. The summed E-state index contributed by atoms with van der Waals surface area (Å²) in [6.07, 6.45) is 0.192. The molecule has 1 aliphatic heterocycles. The van der Waals surface area contributed by atoms with Gasteiger partial charge >= 0.3 is 0 Å². The number of anilines is 5. The summed E-state index contributed by atoms with van der Waals surface area (Å²) >= 11 is 0. The maximum atomic E-state index is 2.37. The van der Waals surface area contributed by atoms with Gasteiger partial charge in [0.25, 0.3) is 0 Å². The summed E-state index contributed by atoms with van der Waals surface area (Å²) in [5, 5.41) is 0. The Morgan fingerprint density at radius 1 is 0.692 bits per heavy atom. The van der Waals surface area contributed by atoms with Gasteiger partial charge < -0.3 is 24.5 Å². The molecule has 0 spiro atoms. The molecule has 2 aromatic rings. The Bertz CT molecular complexity index is 756. The largest absolute Gasteiger partial charge is 0.378 e. The maximum absolute atomic E-state index is 2.37. The average Bonchev–Trinajstić information content (AvgIpc) is 2.84. The van der Waals surface area contributed by atoms with Crippen LogP contribution in [0, 0.1) is 0 Å². The fourth-order valence-electron chi connectivity index (χ4n) is 3.77. The molecule has 0 aliphatic carbocycles. The van der Waals surface area contributed by atoms with E-state index in [1.165, 1.54) is 34.0 Å². The topological polar surface area (TPSA) is 16.2 Å². The van der Waals surface area contributed by atoms with Crippen LogP contribution in [0.15, 0.2) is 36.4 Å². The van der Waals surface area contributed by atoms with Gasteiger partial charge in [0, 0.05) is 62.1 Å². The van der Waals surface area contributed by atoms with Gasteiger partial charge in [-0.1, -0.05) is 12.1 Å². The Balaban J connectivity index is 2.08. The van der Waals surface area contributed by atoms with Crippen LogP contribution in [0.5, 0.6) is 0 Å². The molecule has 26 heavy (non-hydrogen) atoms. The van der Waals surface area contributed by atoms with Crippen molar-refractivity contribution in [3.63, 3.8) is 0 Å². The van der Waals surface area contributed by atoms with Crippen LogP contribution in [0.1, 0.15) is 11.7 Å². The number of rotatable bonds is 4. The number of nitrogens with zero attached hydrogens (tertiary/aromatic N) is 5. The molecule has 2 aromatic carbocycles. The lowest BCUT2D eigenvalue weighted by molar-refractivity contribution is 0.694. The number of fused-ring (bicyclic) bond motifs is 1. The van der Waals surface area contributed by atoms with E-state index in [9.17, 15) is 0 Å². The van der Waals surface area contributed by atoms with Crippen LogP contribution in [0.3, 0.4) is 0 Å². The molecule has 0 amide bonds. The summed E-state index contributed by atoms with van der Waals surface area (Å²) in [7, 11) is 17.0. The number of benzene rings is 2. The van der Waals surface area contributed by atoms with Gasteiger partial charge in [-0.05, 0) is 29.8 Å². The highest BCUT2D eigenvalue weighted by atomic mass is 15.4. The van der Waals surface area contributed by atoms with Gasteiger partial charge in [-0.2, -0.15) is 0 Å². The summed E-state index contributed by atoms with van der Waals surface area (Å²) in [5.41, 5.74) is 7.52. The molecule has 0 bridgehead atoms. The lowest BCUT2D eigenvalue weighted by Gasteiger charge is -2.29. The molecule has 3 rings (SSSR count). The predicted octanol–water partition coefficient (Wildman–Crippen LogP) is 3.47. The Hall–Kier alpha value is -2.56. The molecule has 5 heteroatoms. The second-order valence-corrected chi connectivity index (χ2v) is 7.70. The third-order valence-electron chi connectivity index (χ3n) is 5.21. The van der Waals surface area contributed by atoms with E-state index in [4.69, 9.17) is 0 Å². The van der Waals surface area contributed by atoms with E-state index in [0.717, 1.165) is 0 Å². The Kier molecular flexibility index (Phi) is 4.65. The molecule has 140 valence electrons. The van der Waals surface area contributed by atoms with Crippen molar-refractivity contribution in [1.29, 1.82) is 0 Å². The second-order valence-electron chi connectivity index (χ2n) is 7.70. The van der Waals surface area contributed by atoms with Crippen molar-refractivity contribution in [2.24, 2.45) is 0 Å². The van der Waals surface area contributed by atoms with Crippen molar-refractivity contribution in [2.75, 3.05) is 80.9 Å². The van der Waals surface area contributed by atoms with Crippen LogP contribution in [0.2, 0.25) is 0 Å². The average molecular weight is 354 g/mol. The molecular weight excluding hydrogens is 322 g/mol. The highest BCUT2D eigenvalue weighted by molar-refractivity contribution is 5.88. The van der Waals surface area contributed by atoms with Crippen LogP contribution in [-0.2, 0) is 0 Å². The predicted molar refractivity (Wildman–Crippen MR) is 115 cm³/mol. The quantitative estimate of drug-likeness (QED) is 0.834. The van der Waals surface area contributed by atoms with Gasteiger partial charge in [-0.25, -0.2) is 0 Å². The van der Waals surface area contributed by atoms with Gasteiger partial charge in [-0.15, -0.1) is 0 Å². The van der Waals surface area contributed by atoms with Crippen molar-refractivity contribution >= 4 is 28.4 Å².